The normalized spacial score (nSPS) is 15.0. The van der Waals surface area contributed by atoms with E-state index in [2.05, 4.69) is 85.6 Å². The number of rotatable bonds is 17. The van der Waals surface area contributed by atoms with Gasteiger partial charge in [0.15, 0.2) is 17.9 Å². The molecule has 1 fully saturated rings. The highest BCUT2D eigenvalue weighted by molar-refractivity contribution is 9.09. The van der Waals surface area contributed by atoms with Crippen LogP contribution in [0.4, 0.5) is 16.2 Å². The van der Waals surface area contributed by atoms with Crippen molar-refractivity contribution in [1.29, 1.82) is 0 Å². The van der Waals surface area contributed by atoms with Crippen molar-refractivity contribution in [2.45, 2.75) is 97.1 Å². The van der Waals surface area contributed by atoms with Gasteiger partial charge in [0.1, 0.15) is 17.2 Å². The number of alkyl halides is 1. The SMILES string of the molecule is CCC(Oc1ccc(C(C)(C)CC)cc1C(C)(C)CC)C(=O)Nc1ccc(Cl)c(NC(=O)C(C(=O)c2ccc(OC)cc2)N2C(=O)NC(=CCCBr)C2=O)c1. The van der Waals surface area contributed by atoms with E-state index in [1.54, 1.807) is 6.07 Å². The van der Waals surface area contributed by atoms with Gasteiger partial charge in [-0.25, -0.2) is 9.69 Å². The molecule has 55 heavy (non-hydrogen) atoms. The van der Waals surface area contributed by atoms with Crippen LogP contribution in [-0.2, 0) is 25.2 Å². The second kappa shape index (κ2) is 18.3. The smallest absolute Gasteiger partial charge is 0.330 e. The Balaban J connectivity index is 1.62. The van der Waals surface area contributed by atoms with Gasteiger partial charge in [0.2, 0.25) is 0 Å². The topological polar surface area (TPSA) is 143 Å². The lowest BCUT2D eigenvalue weighted by molar-refractivity contribution is -0.129. The number of nitrogens with zero attached hydrogens (tertiary/aromatic N) is 1. The number of hydrogen-bond acceptors (Lipinski definition) is 7. The summed E-state index contributed by atoms with van der Waals surface area (Å²) in [7, 11) is 1.47. The first kappa shape index (κ1) is 43.1. The molecule has 1 aliphatic rings. The second-order valence-electron chi connectivity index (χ2n) is 14.6. The van der Waals surface area contributed by atoms with E-state index >= 15 is 0 Å². The molecule has 13 heteroatoms. The fourth-order valence-corrected chi connectivity index (χ4v) is 6.26. The molecule has 0 bridgehead atoms. The van der Waals surface area contributed by atoms with E-state index in [0.29, 0.717) is 34.6 Å². The van der Waals surface area contributed by atoms with Crippen molar-refractivity contribution < 1.29 is 33.4 Å². The third-order valence-corrected chi connectivity index (χ3v) is 11.0. The highest BCUT2D eigenvalue weighted by Crippen LogP contribution is 2.39. The number of benzene rings is 3. The quantitative estimate of drug-likeness (QED) is 0.0405. The Bertz CT molecular complexity index is 1960. The van der Waals surface area contributed by atoms with E-state index in [1.807, 2.05) is 13.0 Å². The van der Waals surface area contributed by atoms with Crippen molar-refractivity contribution >= 4 is 68.4 Å². The molecule has 0 aromatic heterocycles. The summed E-state index contributed by atoms with van der Waals surface area (Å²) in [6.45, 7) is 14.9. The van der Waals surface area contributed by atoms with Crippen LogP contribution in [0, 0.1) is 0 Å². The van der Waals surface area contributed by atoms with Gasteiger partial charge < -0.3 is 25.4 Å². The second-order valence-corrected chi connectivity index (χ2v) is 15.8. The number of carbonyl (C=O) groups excluding carboxylic acids is 5. The van der Waals surface area contributed by atoms with Crippen LogP contribution >= 0.6 is 27.5 Å². The average Bonchev–Trinajstić information content (AvgIpc) is 3.45. The molecule has 1 saturated heterocycles. The first-order chi connectivity index (χ1) is 26.0. The maximum absolute atomic E-state index is 14.0. The number of hydrogen-bond donors (Lipinski definition) is 3. The van der Waals surface area contributed by atoms with Gasteiger partial charge in [-0.2, -0.15) is 0 Å². The van der Waals surface area contributed by atoms with Gasteiger partial charge in [-0.3, -0.25) is 19.2 Å². The van der Waals surface area contributed by atoms with Gasteiger partial charge >= 0.3 is 6.03 Å². The molecule has 4 rings (SSSR count). The number of anilines is 2. The molecule has 3 N–H and O–H groups in total. The van der Waals surface area contributed by atoms with Crippen LogP contribution in [0.5, 0.6) is 11.5 Å². The van der Waals surface area contributed by atoms with Crippen molar-refractivity contribution in [2.75, 3.05) is 23.1 Å². The predicted octanol–water partition coefficient (Wildman–Crippen LogP) is 8.93. The zero-order chi connectivity index (χ0) is 40.7. The number of ketones is 1. The summed E-state index contributed by atoms with van der Waals surface area (Å²) in [6.07, 6.45) is 3.25. The van der Waals surface area contributed by atoms with Gasteiger partial charge in [-0.05, 0) is 90.6 Å². The molecule has 1 heterocycles. The fourth-order valence-electron chi connectivity index (χ4n) is 5.86. The number of halogens is 2. The number of nitrogens with one attached hydrogen (secondary N) is 3. The predicted molar refractivity (Wildman–Crippen MR) is 219 cm³/mol. The summed E-state index contributed by atoms with van der Waals surface area (Å²) in [6, 6.07) is 13.7. The zero-order valence-corrected chi connectivity index (χ0v) is 34.9. The Morgan fingerprint density at radius 1 is 0.909 bits per heavy atom. The van der Waals surface area contributed by atoms with Crippen molar-refractivity contribution in [1.82, 2.24) is 10.2 Å². The molecule has 3 aromatic rings. The molecule has 0 saturated carbocycles. The van der Waals surface area contributed by atoms with Gasteiger partial charge in [0, 0.05) is 22.1 Å². The number of ether oxygens (including phenoxy) is 2. The minimum Gasteiger partial charge on any atom is -0.497 e. The minimum absolute atomic E-state index is 0.0349. The molecule has 0 spiro atoms. The average molecular weight is 838 g/mol. The molecule has 0 radical (unpaired) electrons. The molecule has 2 atom stereocenters. The molecular weight excluding hydrogens is 788 g/mol. The zero-order valence-electron chi connectivity index (χ0n) is 32.6. The van der Waals surface area contributed by atoms with E-state index in [-0.39, 0.29) is 38.5 Å². The lowest BCUT2D eigenvalue weighted by Gasteiger charge is -2.31. The molecule has 11 nitrogen and oxygen atoms in total. The molecule has 3 aromatic carbocycles. The largest absolute Gasteiger partial charge is 0.497 e. The van der Waals surface area contributed by atoms with Gasteiger partial charge in [-0.15, -0.1) is 0 Å². The third-order valence-electron chi connectivity index (χ3n) is 10.2. The lowest BCUT2D eigenvalue weighted by atomic mass is 9.76. The first-order valence-corrected chi connectivity index (χ1v) is 19.8. The van der Waals surface area contributed by atoms with E-state index in [1.165, 1.54) is 55.1 Å². The Kier molecular flexibility index (Phi) is 14.3. The lowest BCUT2D eigenvalue weighted by Crippen LogP contribution is -2.52. The van der Waals surface area contributed by atoms with Gasteiger partial charge in [-0.1, -0.05) is 94.2 Å². The standard InChI is InChI=1S/C42H50BrClN4O7/c1-9-33(55-34-21-16-26(41(4,5)10-2)23-29(34)42(6,7)11-3)37(50)45-27-17-20-30(44)32(24-27)46-38(51)35(36(49)25-14-18-28(54-8)19-15-25)48-39(52)31(13-12-22-43)47-40(48)53/h13-21,23-24,33,35H,9-12,22H2,1-8H3,(H,45,50)(H,46,51)(H,47,53). The van der Waals surface area contributed by atoms with Crippen LogP contribution < -0.4 is 25.4 Å². The van der Waals surface area contributed by atoms with Crippen molar-refractivity contribution in [2.24, 2.45) is 0 Å². The molecule has 1 aliphatic heterocycles. The summed E-state index contributed by atoms with van der Waals surface area (Å²) in [4.78, 5) is 68.8. The van der Waals surface area contributed by atoms with Gasteiger partial charge in [0.05, 0.1) is 17.8 Å². The van der Waals surface area contributed by atoms with Crippen LogP contribution in [0.25, 0.3) is 0 Å². The summed E-state index contributed by atoms with van der Waals surface area (Å²) in [5.74, 6) is -1.97. The molecule has 294 valence electrons. The number of methoxy groups -OCH3 is 1. The van der Waals surface area contributed by atoms with Crippen LogP contribution in [0.1, 0.15) is 95.6 Å². The number of carbonyl (C=O) groups is 5. The van der Waals surface area contributed by atoms with Crippen molar-refractivity contribution in [3.63, 3.8) is 0 Å². The van der Waals surface area contributed by atoms with E-state index in [4.69, 9.17) is 21.1 Å². The molecule has 5 amide bonds. The maximum atomic E-state index is 14.0. The van der Waals surface area contributed by atoms with Crippen molar-refractivity contribution in [3.05, 3.63) is 94.1 Å². The Morgan fingerprint density at radius 2 is 1.58 bits per heavy atom. The minimum atomic E-state index is -1.90. The molecular formula is C42H50BrClN4O7. The number of allylic oxidation sites excluding steroid dienone is 1. The highest BCUT2D eigenvalue weighted by Gasteiger charge is 2.46. The Morgan fingerprint density at radius 3 is 2.18 bits per heavy atom. The number of urea groups is 1. The first-order valence-electron chi connectivity index (χ1n) is 18.3. The van der Waals surface area contributed by atoms with Gasteiger partial charge in [0.25, 0.3) is 17.7 Å². The highest BCUT2D eigenvalue weighted by atomic mass is 79.9. The van der Waals surface area contributed by atoms with E-state index < -0.39 is 41.7 Å². The maximum Gasteiger partial charge on any atom is 0.330 e. The van der Waals surface area contributed by atoms with Crippen LogP contribution in [-0.4, -0.2) is 59.0 Å². The van der Waals surface area contributed by atoms with Crippen molar-refractivity contribution in [3.8, 4) is 11.5 Å². The summed E-state index contributed by atoms with van der Waals surface area (Å²) >= 11 is 9.79. The Hall–Kier alpha value is -4.68. The van der Waals surface area contributed by atoms with Crippen LogP contribution in [0.2, 0.25) is 5.02 Å². The monoisotopic (exact) mass is 836 g/mol. The number of imide groups is 1. The summed E-state index contributed by atoms with van der Waals surface area (Å²) < 4.78 is 11.6. The third kappa shape index (κ3) is 9.96. The number of Topliss-reactive ketones (excluding diaryl/α,β-unsaturated/α-hetero) is 1. The molecule has 0 aliphatic carbocycles. The number of amides is 5. The summed E-state index contributed by atoms with van der Waals surface area (Å²) in [5.41, 5.74) is 2.30. The van der Waals surface area contributed by atoms with Crippen LogP contribution in [0.3, 0.4) is 0 Å². The summed E-state index contributed by atoms with van der Waals surface area (Å²) in [5, 5.41) is 8.53. The van der Waals surface area contributed by atoms with Crippen LogP contribution in [0.15, 0.2) is 72.4 Å². The van der Waals surface area contributed by atoms with E-state index in [0.717, 1.165) is 18.4 Å². The Labute approximate surface area is 336 Å². The van der Waals surface area contributed by atoms with E-state index in [9.17, 15) is 24.0 Å². The molecule has 2 unspecified atom stereocenters. The fraction of sp³-hybridized carbons (Fsp3) is 0.405.